The van der Waals surface area contributed by atoms with Gasteiger partial charge in [-0.2, -0.15) is 13.2 Å². The highest BCUT2D eigenvalue weighted by molar-refractivity contribution is 5.87. The van der Waals surface area contributed by atoms with Crippen LogP contribution in [0.4, 0.5) is 13.2 Å². The van der Waals surface area contributed by atoms with Gasteiger partial charge in [0.2, 0.25) is 5.91 Å². The maximum absolute atomic E-state index is 12.6. The van der Waals surface area contributed by atoms with E-state index in [-0.39, 0.29) is 25.0 Å². The first kappa shape index (κ1) is 14.7. The highest BCUT2D eigenvalue weighted by atomic mass is 19.4. The molecule has 1 saturated heterocycles. The molecule has 0 aromatic rings. The number of halogens is 3. The van der Waals surface area contributed by atoms with E-state index < -0.39 is 17.6 Å². The third-order valence-corrected chi connectivity index (χ3v) is 2.92. The number of amides is 2. The molecule has 5 nitrogen and oxygen atoms in total. The van der Waals surface area contributed by atoms with Crippen molar-refractivity contribution in [2.45, 2.75) is 38.0 Å². The van der Waals surface area contributed by atoms with Gasteiger partial charge in [-0.3, -0.25) is 9.59 Å². The van der Waals surface area contributed by atoms with Crippen molar-refractivity contribution in [1.82, 2.24) is 10.2 Å². The Labute approximate surface area is 102 Å². The summed E-state index contributed by atoms with van der Waals surface area (Å²) in [5.74, 6) is -1.44. The fourth-order valence-electron chi connectivity index (χ4n) is 1.80. The Balaban J connectivity index is 2.68. The maximum atomic E-state index is 12.6. The Bertz CT molecular complexity index is 355. The number of nitrogens with two attached hydrogens (primary N) is 1. The normalized spacial score (nSPS) is 23.7. The summed E-state index contributed by atoms with van der Waals surface area (Å²) in [4.78, 5) is 23.6. The maximum Gasteiger partial charge on any atom is 0.415 e. The van der Waals surface area contributed by atoms with Gasteiger partial charge in [0.15, 0.2) is 5.54 Å². The van der Waals surface area contributed by atoms with Gasteiger partial charge < -0.3 is 16.0 Å². The van der Waals surface area contributed by atoms with Crippen molar-refractivity contribution in [2.75, 3.05) is 13.1 Å². The van der Waals surface area contributed by atoms with Crippen molar-refractivity contribution in [3.8, 4) is 0 Å². The van der Waals surface area contributed by atoms with Gasteiger partial charge >= 0.3 is 6.18 Å². The third-order valence-electron chi connectivity index (χ3n) is 2.92. The van der Waals surface area contributed by atoms with Gasteiger partial charge in [0.05, 0.1) is 0 Å². The van der Waals surface area contributed by atoms with Crippen LogP contribution in [0, 0.1) is 0 Å². The van der Waals surface area contributed by atoms with Gasteiger partial charge in [-0.25, -0.2) is 0 Å². The lowest BCUT2D eigenvalue weighted by Gasteiger charge is -2.30. The van der Waals surface area contributed by atoms with Gasteiger partial charge in [0.1, 0.15) is 0 Å². The molecule has 3 N–H and O–H groups in total. The second-order valence-corrected chi connectivity index (χ2v) is 4.64. The lowest BCUT2D eigenvalue weighted by atomic mass is 10.0. The van der Waals surface area contributed by atoms with Gasteiger partial charge in [0, 0.05) is 26.1 Å². The minimum Gasteiger partial charge on any atom is -0.352 e. The van der Waals surface area contributed by atoms with Crippen LogP contribution in [0.25, 0.3) is 0 Å². The molecule has 0 aromatic carbocycles. The van der Waals surface area contributed by atoms with Crippen molar-refractivity contribution in [3.05, 3.63) is 0 Å². The van der Waals surface area contributed by atoms with Crippen molar-refractivity contribution >= 4 is 11.8 Å². The van der Waals surface area contributed by atoms with Crippen LogP contribution in [0.3, 0.4) is 0 Å². The van der Waals surface area contributed by atoms with E-state index in [1.807, 2.05) is 0 Å². The summed E-state index contributed by atoms with van der Waals surface area (Å²) in [6, 6.07) is -0.310. The van der Waals surface area contributed by atoms with E-state index in [9.17, 15) is 22.8 Å². The highest BCUT2D eigenvalue weighted by Crippen LogP contribution is 2.30. The molecule has 0 aromatic heterocycles. The standard InChI is InChI=1S/C10H16F3N3O2/c1-6(17)15-7-3-4-16(5-7)8(18)9(2,14)10(11,12)13/h7H,3-5,14H2,1-2H3,(H,15,17). The molecule has 0 saturated carbocycles. The van der Waals surface area contributed by atoms with Crippen molar-refractivity contribution < 1.29 is 22.8 Å². The molecule has 8 heteroatoms. The smallest absolute Gasteiger partial charge is 0.352 e. The van der Waals surface area contributed by atoms with E-state index in [1.54, 1.807) is 0 Å². The number of nitrogens with one attached hydrogen (secondary N) is 1. The molecule has 1 fully saturated rings. The summed E-state index contributed by atoms with van der Waals surface area (Å²) >= 11 is 0. The molecule has 0 aliphatic carbocycles. The van der Waals surface area contributed by atoms with Crippen LogP contribution < -0.4 is 11.1 Å². The molecular formula is C10H16F3N3O2. The average Bonchev–Trinajstić information content (AvgIpc) is 2.62. The van der Waals surface area contributed by atoms with Gasteiger partial charge in [-0.05, 0) is 13.3 Å². The number of alkyl halides is 3. The molecule has 2 atom stereocenters. The lowest BCUT2D eigenvalue weighted by Crippen LogP contribution is -2.62. The zero-order chi connectivity index (χ0) is 14.1. The first-order chi connectivity index (χ1) is 8.05. The van der Waals surface area contributed by atoms with E-state index in [0.29, 0.717) is 13.3 Å². The predicted molar refractivity (Wildman–Crippen MR) is 57.4 cm³/mol. The lowest BCUT2D eigenvalue weighted by molar-refractivity contribution is -0.193. The number of rotatable bonds is 2. The fraction of sp³-hybridized carbons (Fsp3) is 0.800. The van der Waals surface area contributed by atoms with E-state index in [0.717, 1.165) is 4.90 Å². The molecule has 1 rings (SSSR count). The summed E-state index contributed by atoms with van der Waals surface area (Å²) in [6.45, 7) is 2.18. The van der Waals surface area contributed by atoms with Gasteiger partial charge in [0.25, 0.3) is 5.91 Å². The third kappa shape index (κ3) is 2.92. The number of hydrogen-bond donors (Lipinski definition) is 2. The molecule has 18 heavy (non-hydrogen) atoms. The Hall–Kier alpha value is -1.31. The summed E-state index contributed by atoms with van der Waals surface area (Å²) in [5, 5.41) is 2.56. The molecule has 1 heterocycles. The first-order valence-electron chi connectivity index (χ1n) is 5.48. The summed E-state index contributed by atoms with van der Waals surface area (Å²) in [7, 11) is 0. The second-order valence-electron chi connectivity index (χ2n) is 4.64. The van der Waals surface area contributed by atoms with Crippen LogP contribution in [-0.2, 0) is 9.59 Å². The topological polar surface area (TPSA) is 75.4 Å². The number of hydrogen-bond acceptors (Lipinski definition) is 3. The van der Waals surface area contributed by atoms with Crippen molar-refractivity contribution in [1.29, 1.82) is 0 Å². The molecule has 0 spiro atoms. The zero-order valence-electron chi connectivity index (χ0n) is 10.2. The minimum absolute atomic E-state index is 0.0568. The van der Waals surface area contributed by atoms with Crippen LogP contribution in [0.5, 0.6) is 0 Å². The van der Waals surface area contributed by atoms with Crippen LogP contribution in [0.2, 0.25) is 0 Å². The number of carbonyl (C=O) groups excluding carboxylic acids is 2. The molecule has 2 amide bonds. The number of carbonyl (C=O) groups is 2. The van der Waals surface area contributed by atoms with Gasteiger partial charge in [-0.15, -0.1) is 0 Å². The van der Waals surface area contributed by atoms with E-state index >= 15 is 0 Å². The quantitative estimate of drug-likeness (QED) is 0.739. The van der Waals surface area contributed by atoms with E-state index in [4.69, 9.17) is 5.73 Å². The molecule has 1 aliphatic rings. The minimum atomic E-state index is -4.80. The van der Waals surface area contributed by atoms with Crippen LogP contribution in [-0.4, -0.2) is 47.6 Å². The molecule has 1 aliphatic heterocycles. The van der Waals surface area contributed by atoms with Crippen LogP contribution >= 0.6 is 0 Å². The SMILES string of the molecule is CC(=O)NC1CCN(C(=O)C(C)(N)C(F)(F)F)C1. The van der Waals surface area contributed by atoms with Crippen molar-refractivity contribution in [3.63, 3.8) is 0 Å². The monoisotopic (exact) mass is 267 g/mol. The summed E-state index contributed by atoms with van der Waals surface area (Å²) in [5.41, 5.74) is 2.17. The average molecular weight is 267 g/mol. The summed E-state index contributed by atoms with van der Waals surface area (Å²) in [6.07, 6.45) is -4.37. The Morgan fingerprint density at radius 3 is 2.39 bits per heavy atom. The molecule has 2 unspecified atom stereocenters. The Morgan fingerprint density at radius 2 is 1.94 bits per heavy atom. The Kier molecular flexibility index (Phi) is 3.89. The number of nitrogens with zero attached hydrogens (tertiary/aromatic N) is 1. The first-order valence-corrected chi connectivity index (χ1v) is 5.48. The van der Waals surface area contributed by atoms with Crippen LogP contribution in [0.1, 0.15) is 20.3 Å². The summed E-state index contributed by atoms with van der Waals surface area (Å²) < 4.78 is 37.8. The second kappa shape index (κ2) is 4.75. The predicted octanol–water partition coefficient (Wildman–Crippen LogP) is 0.00310. The van der Waals surface area contributed by atoms with Crippen LogP contribution in [0.15, 0.2) is 0 Å². The zero-order valence-corrected chi connectivity index (χ0v) is 10.2. The van der Waals surface area contributed by atoms with E-state index in [1.165, 1.54) is 6.92 Å². The largest absolute Gasteiger partial charge is 0.415 e. The van der Waals surface area contributed by atoms with E-state index in [2.05, 4.69) is 5.32 Å². The highest BCUT2D eigenvalue weighted by Gasteiger charge is 2.55. The molecule has 0 bridgehead atoms. The molecular weight excluding hydrogens is 251 g/mol. The fourth-order valence-corrected chi connectivity index (χ4v) is 1.80. The molecule has 0 radical (unpaired) electrons. The van der Waals surface area contributed by atoms with Gasteiger partial charge in [-0.1, -0.05) is 0 Å². The number of likely N-dealkylation sites (tertiary alicyclic amines) is 1. The van der Waals surface area contributed by atoms with Crippen molar-refractivity contribution in [2.24, 2.45) is 5.73 Å². The molecule has 104 valence electrons. The Morgan fingerprint density at radius 1 is 1.39 bits per heavy atom.